The highest BCUT2D eigenvalue weighted by Crippen LogP contribution is 2.28. The standard InChI is InChI=1S/C19H21NO6S/c1-19(9-10-27(23,24)12-19)20-17(21)11-26-18(22)15-7-8-16(25-2)14-6-4-3-5-13(14)15/h3-8H,9-12H2,1-2H3,(H,20,21)/t19-/m1/s1. The molecule has 0 unspecified atom stereocenters. The van der Waals surface area contributed by atoms with Crippen LogP contribution in [0.5, 0.6) is 5.75 Å². The van der Waals surface area contributed by atoms with Gasteiger partial charge in [0.05, 0.1) is 29.7 Å². The van der Waals surface area contributed by atoms with Crippen LogP contribution in [0.3, 0.4) is 0 Å². The van der Waals surface area contributed by atoms with Crippen molar-refractivity contribution < 1.29 is 27.5 Å². The molecule has 1 aliphatic heterocycles. The number of esters is 1. The summed E-state index contributed by atoms with van der Waals surface area (Å²) >= 11 is 0. The maximum absolute atomic E-state index is 12.4. The second-order valence-electron chi connectivity index (χ2n) is 6.89. The second kappa shape index (κ2) is 7.19. The van der Waals surface area contributed by atoms with Gasteiger partial charge in [-0.1, -0.05) is 24.3 Å². The summed E-state index contributed by atoms with van der Waals surface area (Å²) in [7, 11) is -1.59. The van der Waals surface area contributed by atoms with Gasteiger partial charge >= 0.3 is 5.97 Å². The minimum absolute atomic E-state index is 0.0431. The van der Waals surface area contributed by atoms with Crippen molar-refractivity contribution >= 4 is 32.5 Å². The first kappa shape index (κ1) is 19.2. The van der Waals surface area contributed by atoms with Crippen molar-refractivity contribution in [3.63, 3.8) is 0 Å². The van der Waals surface area contributed by atoms with E-state index in [9.17, 15) is 18.0 Å². The van der Waals surface area contributed by atoms with Crippen molar-refractivity contribution in [2.45, 2.75) is 18.9 Å². The predicted octanol–water partition coefficient (Wildman–Crippen LogP) is 1.70. The van der Waals surface area contributed by atoms with Crippen LogP contribution in [-0.2, 0) is 19.4 Å². The van der Waals surface area contributed by atoms with Gasteiger partial charge in [-0.05, 0) is 30.9 Å². The predicted molar refractivity (Wildman–Crippen MR) is 101 cm³/mol. The van der Waals surface area contributed by atoms with Crippen LogP contribution >= 0.6 is 0 Å². The van der Waals surface area contributed by atoms with Crippen molar-refractivity contribution in [3.8, 4) is 5.75 Å². The Morgan fingerprint density at radius 1 is 1.15 bits per heavy atom. The Morgan fingerprint density at radius 2 is 1.85 bits per heavy atom. The highest BCUT2D eigenvalue weighted by Gasteiger charge is 2.39. The molecule has 1 fully saturated rings. The SMILES string of the molecule is COc1ccc(C(=O)OCC(=O)N[C@]2(C)CCS(=O)(=O)C2)c2ccccc12. The van der Waals surface area contributed by atoms with E-state index in [1.807, 2.05) is 12.1 Å². The number of amides is 1. The van der Waals surface area contributed by atoms with Gasteiger partial charge in [0, 0.05) is 5.39 Å². The Morgan fingerprint density at radius 3 is 2.48 bits per heavy atom. The van der Waals surface area contributed by atoms with Crippen molar-refractivity contribution in [2.75, 3.05) is 25.2 Å². The molecule has 0 bridgehead atoms. The maximum atomic E-state index is 12.4. The smallest absolute Gasteiger partial charge is 0.339 e. The fourth-order valence-corrected chi connectivity index (χ4v) is 5.41. The summed E-state index contributed by atoms with van der Waals surface area (Å²) in [6.07, 6.45) is 0.345. The van der Waals surface area contributed by atoms with Crippen molar-refractivity contribution in [1.82, 2.24) is 5.32 Å². The molecule has 0 aromatic heterocycles. The molecule has 27 heavy (non-hydrogen) atoms. The number of methoxy groups -OCH3 is 1. The van der Waals surface area contributed by atoms with Crippen LogP contribution in [0.4, 0.5) is 0 Å². The van der Waals surface area contributed by atoms with E-state index in [4.69, 9.17) is 9.47 Å². The highest BCUT2D eigenvalue weighted by molar-refractivity contribution is 7.91. The summed E-state index contributed by atoms with van der Waals surface area (Å²) in [6, 6.07) is 10.5. The highest BCUT2D eigenvalue weighted by atomic mass is 32.2. The number of fused-ring (bicyclic) bond motifs is 1. The van der Waals surface area contributed by atoms with Crippen LogP contribution < -0.4 is 10.1 Å². The quantitative estimate of drug-likeness (QED) is 0.779. The van der Waals surface area contributed by atoms with Crippen molar-refractivity contribution in [1.29, 1.82) is 0 Å². The number of ether oxygens (including phenoxy) is 2. The third kappa shape index (κ3) is 4.21. The van der Waals surface area contributed by atoms with Crippen LogP contribution in [0.25, 0.3) is 10.8 Å². The van der Waals surface area contributed by atoms with Gasteiger partial charge in [-0.25, -0.2) is 13.2 Å². The molecule has 1 aliphatic rings. The van der Waals surface area contributed by atoms with E-state index >= 15 is 0 Å². The summed E-state index contributed by atoms with van der Waals surface area (Å²) in [4.78, 5) is 24.6. The Bertz CT molecular complexity index is 1000. The van der Waals surface area contributed by atoms with E-state index in [-0.39, 0.29) is 11.5 Å². The Balaban J connectivity index is 1.68. The molecule has 0 spiro atoms. The average Bonchev–Trinajstić information content (AvgIpc) is 2.91. The van der Waals surface area contributed by atoms with E-state index in [2.05, 4.69) is 5.32 Å². The molecule has 1 N–H and O–H groups in total. The molecule has 0 aliphatic carbocycles. The average molecular weight is 391 g/mol. The molecule has 0 radical (unpaired) electrons. The number of carbonyl (C=O) groups excluding carboxylic acids is 2. The van der Waals surface area contributed by atoms with Crippen LogP contribution in [0.1, 0.15) is 23.7 Å². The number of sulfone groups is 1. The Hall–Kier alpha value is -2.61. The lowest BCUT2D eigenvalue weighted by atomic mass is 10.0. The summed E-state index contributed by atoms with van der Waals surface area (Å²) in [6.45, 7) is 1.20. The van der Waals surface area contributed by atoms with Gasteiger partial charge in [0.25, 0.3) is 5.91 Å². The topological polar surface area (TPSA) is 98.8 Å². The van der Waals surface area contributed by atoms with E-state index in [1.54, 1.807) is 38.3 Å². The molecule has 7 nitrogen and oxygen atoms in total. The number of carbonyl (C=O) groups is 2. The molecular formula is C19H21NO6S. The normalized spacial score (nSPS) is 21.0. The van der Waals surface area contributed by atoms with Crippen LogP contribution in [0.2, 0.25) is 0 Å². The zero-order valence-electron chi connectivity index (χ0n) is 15.2. The summed E-state index contributed by atoms with van der Waals surface area (Å²) in [5, 5.41) is 4.09. The van der Waals surface area contributed by atoms with Crippen LogP contribution in [0.15, 0.2) is 36.4 Å². The van der Waals surface area contributed by atoms with Gasteiger partial charge in [0.15, 0.2) is 16.4 Å². The summed E-state index contributed by atoms with van der Waals surface area (Å²) < 4.78 is 33.7. The minimum Gasteiger partial charge on any atom is -0.496 e. The molecule has 0 saturated carbocycles. The lowest BCUT2D eigenvalue weighted by molar-refractivity contribution is -0.125. The van der Waals surface area contributed by atoms with Gasteiger partial charge in [-0.2, -0.15) is 0 Å². The monoisotopic (exact) mass is 391 g/mol. The molecule has 2 aromatic carbocycles. The van der Waals surface area contributed by atoms with E-state index in [1.165, 1.54) is 0 Å². The van der Waals surface area contributed by atoms with Crippen molar-refractivity contribution in [2.24, 2.45) is 0 Å². The van der Waals surface area contributed by atoms with Gasteiger partial charge in [-0.3, -0.25) is 4.79 Å². The summed E-state index contributed by atoms with van der Waals surface area (Å²) in [5.74, 6) is -0.589. The molecule has 1 heterocycles. The first-order chi connectivity index (χ1) is 12.7. The lowest BCUT2D eigenvalue weighted by Gasteiger charge is -2.23. The zero-order valence-corrected chi connectivity index (χ0v) is 16.0. The van der Waals surface area contributed by atoms with Gasteiger partial charge in [-0.15, -0.1) is 0 Å². The summed E-state index contributed by atoms with van der Waals surface area (Å²) in [5.41, 5.74) is -0.497. The maximum Gasteiger partial charge on any atom is 0.339 e. The molecule has 144 valence electrons. The van der Waals surface area contributed by atoms with Gasteiger partial charge in [0.1, 0.15) is 5.75 Å². The number of hydrogen-bond donors (Lipinski definition) is 1. The second-order valence-corrected chi connectivity index (χ2v) is 9.07. The fourth-order valence-electron chi connectivity index (χ4n) is 3.32. The van der Waals surface area contributed by atoms with Gasteiger partial charge < -0.3 is 14.8 Å². The number of rotatable bonds is 5. The Labute approximate surface area is 157 Å². The molecule has 8 heteroatoms. The van der Waals surface area contributed by atoms with Gasteiger partial charge in [0.2, 0.25) is 0 Å². The first-order valence-corrected chi connectivity index (χ1v) is 10.3. The van der Waals surface area contributed by atoms with Crippen LogP contribution in [0, 0.1) is 0 Å². The zero-order chi connectivity index (χ0) is 19.7. The fraction of sp³-hybridized carbons (Fsp3) is 0.368. The molecule has 1 amide bonds. The van der Waals surface area contributed by atoms with E-state index in [0.717, 1.165) is 5.39 Å². The molecule has 2 aromatic rings. The van der Waals surface area contributed by atoms with Crippen LogP contribution in [-0.4, -0.2) is 51.1 Å². The number of benzene rings is 2. The molecule has 3 rings (SSSR count). The molecule has 1 atom stereocenters. The van der Waals surface area contributed by atoms with E-state index in [0.29, 0.717) is 23.1 Å². The lowest BCUT2D eigenvalue weighted by Crippen LogP contribution is -2.48. The Kier molecular flexibility index (Phi) is 5.10. The molecular weight excluding hydrogens is 370 g/mol. The number of hydrogen-bond acceptors (Lipinski definition) is 6. The number of nitrogens with one attached hydrogen (secondary N) is 1. The van der Waals surface area contributed by atoms with Crippen molar-refractivity contribution in [3.05, 3.63) is 42.0 Å². The minimum atomic E-state index is -3.14. The third-order valence-electron chi connectivity index (χ3n) is 4.60. The largest absolute Gasteiger partial charge is 0.496 e. The molecule has 1 saturated heterocycles. The first-order valence-electron chi connectivity index (χ1n) is 8.47. The third-order valence-corrected chi connectivity index (χ3v) is 6.51. The van der Waals surface area contributed by atoms with E-state index < -0.39 is 33.9 Å².